The molecule has 106 valence electrons. The lowest BCUT2D eigenvalue weighted by Crippen LogP contribution is -2.14. The minimum absolute atomic E-state index is 0.0268. The number of nitrogen functional groups attached to an aromatic ring is 1. The molecular weight excluding hydrogens is 276 g/mol. The fraction of sp³-hybridized carbons (Fsp3) is 0.143. The zero-order chi connectivity index (χ0) is 14.9. The first-order valence-corrected chi connectivity index (χ1v) is 7.50. The molecule has 5 nitrogen and oxygen atoms in total. The topological polar surface area (TPSA) is 95.4 Å². The highest BCUT2D eigenvalue weighted by molar-refractivity contribution is 7.89. The number of ether oxygens (including phenoxy) is 1. The van der Waals surface area contributed by atoms with Crippen LogP contribution in [0.1, 0.15) is 11.1 Å². The number of anilines is 1. The Hall–Kier alpha value is -2.05. The maximum absolute atomic E-state index is 11.5. The SMILES string of the molecule is Cc1ccccc1Oc1cc(N)cc(S(N)(=O)=O)c1C. The average molecular weight is 292 g/mol. The lowest BCUT2D eigenvalue weighted by molar-refractivity contribution is 0.473. The van der Waals surface area contributed by atoms with Gasteiger partial charge in [-0.2, -0.15) is 0 Å². The average Bonchev–Trinajstić information content (AvgIpc) is 2.34. The quantitative estimate of drug-likeness (QED) is 0.849. The first-order valence-electron chi connectivity index (χ1n) is 5.95. The van der Waals surface area contributed by atoms with E-state index in [0.717, 1.165) is 5.56 Å². The predicted octanol–water partition coefficient (Wildman–Crippen LogP) is 2.33. The van der Waals surface area contributed by atoms with Crippen molar-refractivity contribution in [3.8, 4) is 11.5 Å². The molecule has 6 heteroatoms. The standard InChI is InChI=1S/C14H16N2O3S/c1-9-5-3-4-6-12(9)19-13-7-11(15)8-14(10(13)2)20(16,17)18/h3-8H,15H2,1-2H3,(H2,16,17,18). The molecule has 0 saturated carbocycles. The van der Waals surface area contributed by atoms with Crippen LogP contribution in [-0.4, -0.2) is 8.42 Å². The lowest BCUT2D eigenvalue weighted by atomic mass is 10.2. The van der Waals surface area contributed by atoms with E-state index in [2.05, 4.69) is 0 Å². The molecule has 0 aliphatic carbocycles. The Morgan fingerprint density at radius 3 is 2.30 bits per heavy atom. The number of para-hydroxylation sites is 1. The zero-order valence-corrected chi connectivity index (χ0v) is 12.1. The number of benzene rings is 2. The third-order valence-electron chi connectivity index (χ3n) is 2.95. The van der Waals surface area contributed by atoms with Gasteiger partial charge in [0.15, 0.2) is 0 Å². The van der Waals surface area contributed by atoms with E-state index in [1.54, 1.807) is 19.1 Å². The molecule has 0 atom stereocenters. The summed E-state index contributed by atoms with van der Waals surface area (Å²) in [4.78, 5) is -0.0268. The number of hydrogen-bond acceptors (Lipinski definition) is 4. The largest absolute Gasteiger partial charge is 0.457 e. The second kappa shape index (κ2) is 5.15. The summed E-state index contributed by atoms with van der Waals surface area (Å²) < 4.78 is 28.8. The summed E-state index contributed by atoms with van der Waals surface area (Å²) in [5.74, 6) is 1.02. The molecule has 2 aromatic carbocycles. The fourth-order valence-electron chi connectivity index (χ4n) is 1.87. The van der Waals surface area contributed by atoms with Crippen LogP contribution < -0.4 is 15.6 Å². The van der Waals surface area contributed by atoms with E-state index in [1.165, 1.54) is 6.07 Å². The van der Waals surface area contributed by atoms with E-state index in [9.17, 15) is 8.42 Å². The van der Waals surface area contributed by atoms with Crippen molar-refractivity contribution in [2.24, 2.45) is 5.14 Å². The van der Waals surface area contributed by atoms with E-state index in [0.29, 0.717) is 17.1 Å². The molecule has 0 saturated heterocycles. The van der Waals surface area contributed by atoms with Crippen molar-refractivity contribution in [1.82, 2.24) is 0 Å². The molecule has 0 bridgehead atoms. The molecule has 0 amide bonds. The zero-order valence-electron chi connectivity index (χ0n) is 11.3. The van der Waals surface area contributed by atoms with Crippen LogP contribution in [-0.2, 0) is 10.0 Å². The van der Waals surface area contributed by atoms with Crippen molar-refractivity contribution >= 4 is 15.7 Å². The first kappa shape index (κ1) is 14.4. The van der Waals surface area contributed by atoms with E-state index in [-0.39, 0.29) is 10.6 Å². The van der Waals surface area contributed by atoms with Gasteiger partial charge in [-0.25, -0.2) is 13.6 Å². The molecule has 0 unspecified atom stereocenters. The maximum atomic E-state index is 11.5. The number of primary sulfonamides is 1. The fourth-order valence-corrected chi connectivity index (χ4v) is 2.70. The molecule has 4 N–H and O–H groups in total. The molecule has 2 rings (SSSR count). The Kier molecular flexibility index (Phi) is 3.69. The Morgan fingerprint density at radius 2 is 1.70 bits per heavy atom. The van der Waals surface area contributed by atoms with E-state index < -0.39 is 10.0 Å². The second-order valence-corrected chi connectivity index (χ2v) is 6.08. The van der Waals surface area contributed by atoms with Gasteiger partial charge in [-0.1, -0.05) is 18.2 Å². The summed E-state index contributed by atoms with van der Waals surface area (Å²) >= 11 is 0. The van der Waals surface area contributed by atoms with Gasteiger partial charge in [0.05, 0.1) is 4.90 Å². The van der Waals surface area contributed by atoms with Crippen LogP contribution in [0.4, 0.5) is 5.69 Å². The van der Waals surface area contributed by atoms with Crippen molar-refractivity contribution in [2.75, 3.05) is 5.73 Å². The van der Waals surface area contributed by atoms with Crippen LogP contribution in [0.5, 0.6) is 11.5 Å². The molecular formula is C14H16N2O3S. The van der Waals surface area contributed by atoms with Gasteiger partial charge in [-0.3, -0.25) is 0 Å². The van der Waals surface area contributed by atoms with Crippen LogP contribution in [0.3, 0.4) is 0 Å². The maximum Gasteiger partial charge on any atom is 0.238 e. The van der Waals surface area contributed by atoms with Gasteiger partial charge in [0, 0.05) is 17.3 Å². The van der Waals surface area contributed by atoms with Crippen LogP contribution in [0.25, 0.3) is 0 Å². The van der Waals surface area contributed by atoms with Crippen molar-refractivity contribution in [1.29, 1.82) is 0 Å². The minimum Gasteiger partial charge on any atom is -0.457 e. The van der Waals surface area contributed by atoms with Crippen molar-refractivity contribution in [3.05, 3.63) is 47.5 Å². The molecule has 0 aliphatic rings. The highest BCUT2D eigenvalue weighted by atomic mass is 32.2. The van der Waals surface area contributed by atoms with Crippen molar-refractivity contribution < 1.29 is 13.2 Å². The number of hydrogen-bond donors (Lipinski definition) is 2. The van der Waals surface area contributed by atoms with E-state index in [1.807, 2.05) is 25.1 Å². The number of rotatable bonds is 3. The van der Waals surface area contributed by atoms with Gasteiger partial charge in [-0.05, 0) is 31.5 Å². The van der Waals surface area contributed by atoms with Crippen LogP contribution in [0, 0.1) is 13.8 Å². The van der Waals surface area contributed by atoms with Gasteiger partial charge >= 0.3 is 0 Å². The molecule has 20 heavy (non-hydrogen) atoms. The van der Waals surface area contributed by atoms with Gasteiger partial charge in [0.1, 0.15) is 11.5 Å². The number of nitrogens with two attached hydrogens (primary N) is 2. The third kappa shape index (κ3) is 2.92. The second-order valence-electron chi connectivity index (χ2n) is 4.55. The first-order chi connectivity index (χ1) is 9.29. The summed E-state index contributed by atoms with van der Waals surface area (Å²) in [7, 11) is -3.84. The lowest BCUT2D eigenvalue weighted by Gasteiger charge is -2.14. The van der Waals surface area contributed by atoms with E-state index >= 15 is 0 Å². The molecule has 2 aromatic rings. The Balaban J connectivity index is 2.54. The van der Waals surface area contributed by atoms with E-state index in [4.69, 9.17) is 15.6 Å². The molecule has 0 fully saturated rings. The van der Waals surface area contributed by atoms with Crippen molar-refractivity contribution in [3.63, 3.8) is 0 Å². The molecule has 0 radical (unpaired) electrons. The summed E-state index contributed by atoms with van der Waals surface area (Å²) in [5.41, 5.74) is 7.37. The van der Waals surface area contributed by atoms with Gasteiger partial charge in [-0.15, -0.1) is 0 Å². The number of sulfonamides is 1. The smallest absolute Gasteiger partial charge is 0.238 e. The van der Waals surface area contributed by atoms with Gasteiger partial charge < -0.3 is 10.5 Å². The van der Waals surface area contributed by atoms with Gasteiger partial charge in [0.25, 0.3) is 0 Å². The third-order valence-corrected chi connectivity index (χ3v) is 3.99. The monoisotopic (exact) mass is 292 g/mol. The molecule has 0 aromatic heterocycles. The minimum atomic E-state index is -3.84. The Labute approximate surface area is 118 Å². The van der Waals surface area contributed by atoms with Gasteiger partial charge in [0.2, 0.25) is 10.0 Å². The molecule has 0 aliphatic heterocycles. The summed E-state index contributed by atoms with van der Waals surface area (Å²) in [6, 6.07) is 10.3. The predicted molar refractivity (Wildman–Crippen MR) is 78.2 cm³/mol. The molecule has 0 heterocycles. The highest BCUT2D eigenvalue weighted by Gasteiger charge is 2.17. The van der Waals surface area contributed by atoms with Crippen LogP contribution in [0.2, 0.25) is 0 Å². The Morgan fingerprint density at radius 1 is 1.05 bits per heavy atom. The highest BCUT2D eigenvalue weighted by Crippen LogP contribution is 2.32. The normalized spacial score (nSPS) is 11.3. The number of aryl methyl sites for hydroxylation is 1. The summed E-state index contributed by atoms with van der Waals surface area (Å²) in [5, 5.41) is 5.18. The van der Waals surface area contributed by atoms with Crippen LogP contribution in [0.15, 0.2) is 41.3 Å². The molecule has 0 spiro atoms. The van der Waals surface area contributed by atoms with Crippen molar-refractivity contribution in [2.45, 2.75) is 18.7 Å². The van der Waals surface area contributed by atoms with Crippen LogP contribution >= 0.6 is 0 Å². The Bertz CT molecular complexity index is 755. The summed E-state index contributed by atoms with van der Waals surface area (Å²) in [6.07, 6.45) is 0. The summed E-state index contributed by atoms with van der Waals surface area (Å²) in [6.45, 7) is 3.53.